The van der Waals surface area contributed by atoms with Gasteiger partial charge in [-0.05, 0) is 36.8 Å². The van der Waals surface area contributed by atoms with Gasteiger partial charge in [-0.3, -0.25) is 0 Å². The molecular formula is C19H19F3N2O3. The van der Waals surface area contributed by atoms with Crippen LogP contribution in [-0.4, -0.2) is 37.3 Å². The van der Waals surface area contributed by atoms with E-state index >= 15 is 0 Å². The largest absolute Gasteiger partial charge is 0.462 e. The van der Waals surface area contributed by atoms with Gasteiger partial charge >= 0.3 is 12.1 Å². The number of morpholine rings is 1. The van der Waals surface area contributed by atoms with Crippen LogP contribution in [0.2, 0.25) is 0 Å². The van der Waals surface area contributed by atoms with Crippen LogP contribution in [0.4, 0.5) is 19.0 Å². The van der Waals surface area contributed by atoms with Gasteiger partial charge in [-0.25, -0.2) is 9.78 Å². The molecule has 1 saturated heterocycles. The Hall–Kier alpha value is -2.61. The van der Waals surface area contributed by atoms with Crippen molar-refractivity contribution >= 4 is 11.8 Å². The SMILES string of the molecule is CCOC(=O)c1ccc(N2CCOC(c3ccc(C(F)(F)F)cc3)C2)nc1. The predicted molar refractivity (Wildman–Crippen MR) is 92.5 cm³/mol. The summed E-state index contributed by atoms with van der Waals surface area (Å²) in [5, 5.41) is 0. The smallest absolute Gasteiger partial charge is 0.416 e. The standard InChI is InChI=1S/C19H19F3N2O3/c1-2-26-18(25)14-5-8-17(23-11-14)24-9-10-27-16(12-24)13-3-6-15(7-4-13)19(20,21)22/h3-8,11,16H,2,9-10,12H2,1H3. The third kappa shape index (κ3) is 4.57. The first-order chi connectivity index (χ1) is 12.9. The van der Waals surface area contributed by atoms with Gasteiger partial charge in [-0.2, -0.15) is 13.2 Å². The fraction of sp³-hybridized carbons (Fsp3) is 0.368. The summed E-state index contributed by atoms with van der Waals surface area (Å²) in [5.74, 6) is 0.240. The monoisotopic (exact) mass is 380 g/mol. The van der Waals surface area contributed by atoms with Gasteiger partial charge in [0.25, 0.3) is 0 Å². The molecule has 0 N–H and O–H groups in total. The van der Waals surface area contributed by atoms with Gasteiger partial charge < -0.3 is 14.4 Å². The van der Waals surface area contributed by atoms with Gasteiger partial charge in [0, 0.05) is 19.3 Å². The first-order valence-electron chi connectivity index (χ1n) is 8.55. The molecule has 0 aliphatic carbocycles. The Morgan fingerprint density at radius 1 is 1.26 bits per heavy atom. The number of anilines is 1. The van der Waals surface area contributed by atoms with E-state index in [-0.39, 0.29) is 6.10 Å². The third-order valence-electron chi connectivity index (χ3n) is 4.26. The Morgan fingerprint density at radius 2 is 2.00 bits per heavy atom. The van der Waals surface area contributed by atoms with Gasteiger partial charge in [0.2, 0.25) is 0 Å². The van der Waals surface area contributed by atoms with Crippen molar-refractivity contribution in [2.75, 3.05) is 31.2 Å². The Labute approximate surface area is 154 Å². The van der Waals surface area contributed by atoms with E-state index in [1.54, 1.807) is 19.1 Å². The molecule has 2 aromatic rings. The lowest BCUT2D eigenvalue weighted by Gasteiger charge is -2.34. The molecule has 0 amide bonds. The number of halogens is 3. The maximum Gasteiger partial charge on any atom is 0.416 e. The third-order valence-corrected chi connectivity index (χ3v) is 4.26. The lowest BCUT2D eigenvalue weighted by Crippen LogP contribution is -2.38. The topological polar surface area (TPSA) is 51.7 Å². The number of carbonyl (C=O) groups excluding carboxylic acids is 1. The van der Waals surface area contributed by atoms with Gasteiger partial charge in [0.05, 0.1) is 24.3 Å². The summed E-state index contributed by atoms with van der Waals surface area (Å²) in [5.41, 5.74) is 0.360. The molecular weight excluding hydrogens is 361 g/mol. The number of nitrogens with zero attached hydrogens (tertiary/aromatic N) is 2. The number of hydrogen-bond donors (Lipinski definition) is 0. The summed E-state index contributed by atoms with van der Waals surface area (Å²) in [4.78, 5) is 18.0. The molecule has 0 spiro atoms. The number of alkyl halides is 3. The van der Waals surface area contributed by atoms with Crippen LogP contribution in [0.5, 0.6) is 0 Å². The first-order valence-corrected chi connectivity index (χ1v) is 8.55. The van der Waals surface area contributed by atoms with E-state index in [9.17, 15) is 18.0 Å². The summed E-state index contributed by atoms with van der Waals surface area (Å²) in [6.07, 6.45) is -3.26. The minimum absolute atomic E-state index is 0.291. The van der Waals surface area contributed by atoms with Crippen molar-refractivity contribution in [2.45, 2.75) is 19.2 Å². The van der Waals surface area contributed by atoms with Crippen LogP contribution in [0.15, 0.2) is 42.6 Å². The molecule has 8 heteroatoms. The van der Waals surface area contributed by atoms with Gasteiger partial charge in [-0.1, -0.05) is 12.1 Å². The summed E-state index contributed by atoms with van der Waals surface area (Å²) < 4.78 is 48.7. The van der Waals surface area contributed by atoms with Crippen LogP contribution in [-0.2, 0) is 15.7 Å². The highest BCUT2D eigenvalue weighted by Gasteiger charge is 2.31. The second kappa shape index (κ2) is 7.96. The second-order valence-corrected chi connectivity index (χ2v) is 6.05. The maximum absolute atomic E-state index is 12.7. The fourth-order valence-electron chi connectivity index (χ4n) is 2.85. The van der Waals surface area contributed by atoms with Gasteiger partial charge in [-0.15, -0.1) is 0 Å². The van der Waals surface area contributed by atoms with Crippen molar-refractivity contribution in [3.63, 3.8) is 0 Å². The Kier molecular flexibility index (Phi) is 5.65. The molecule has 1 fully saturated rings. The van der Waals surface area contributed by atoms with E-state index in [0.29, 0.717) is 43.2 Å². The molecule has 27 heavy (non-hydrogen) atoms. The number of ether oxygens (including phenoxy) is 2. The molecule has 1 aromatic heterocycles. The summed E-state index contributed by atoms with van der Waals surface area (Å²) in [7, 11) is 0. The molecule has 5 nitrogen and oxygen atoms in total. The molecule has 1 atom stereocenters. The maximum atomic E-state index is 12.7. The van der Waals surface area contributed by atoms with Crippen LogP contribution in [0.1, 0.15) is 34.5 Å². The van der Waals surface area contributed by atoms with E-state index in [2.05, 4.69) is 4.98 Å². The summed E-state index contributed by atoms with van der Waals surface area (Å²) >= 11 is 0. The number of rotatable bonds is 4. The average Bonchev–Trinajstić information content (AvgIpc) is 2.68. The highest BCUT2D eigenvalue weighted by atomic mass is 19.4. The molecule has 0 radical (unpaired) electrons. The molecule has 0 saturated carbocycles. The highest BCUT2D eigenvalue weighted by molar-refractivity contribution is 5.89. The molecule has 1 unspecified atom stereocenters. The van der Waals surface area contributed by atoms with Crippen molar-refractivity contribution in [2.24, 2.45) is 0 Å². The lowest BCUT2D eigenvalue weighted by molar-refractivity contribution is -0.137. The zero-order chi connectivity index (χ0) is 19.4. The molecule has 1 aliphatic heterocycles. The summed E-state index contributed by atoms with van der Waals surface area (Å²) in [6.45, 7) is 3.50. The van der Waals surface area contributed by atoms with Crippen molar-refractivity contribution in [3.8, 4) is 0 Å². The Balaban J connectivity index is 1.70. The summed E-state index contributed by atoms with van der Waals surface area (Å²) in [6, 6.07) is 8.36. The minimum Gasteiger partial charge on any atom is -0.462 e. The number of carbonyl (C=O) groups is 1. The molecule has 0 bridgehead atoms. The van der Waals surface area contributed by atoms with Crippen molar-refractivity contribution in [3.05, 3.63) is 59.3 Å². The number of pyridine rings is 1. The van der Waals surface area contributed by atoms with Crippen LogP contribution < -0.4 is 4.90 Å². The minimum atomic E-state index is -4.36. The van der Waals surface area contributed by atoms with E-state index in [1.165, 1.54) is 18.3 Å². The molecule has 1 aromatic carbocycles. The van der Waals surface area contributed by atoms with Crippen LogP contribution >= 0.6 is 0 Å². The predicted octanol–water partition coefficient (Wildman–Crippen LogP) is 3.86. The second-order valence-electron chi connectivity index (χ2n) is 6.05. The van der Waals surface area contributed by atoms with Crippen molar-refractivity contribution in [1.82, 2.24) is 4.98 Å². The van der Waals surface area contributed by atoms with Crippen LogP contribution in [0.25, 0.3) is 0 Å². The molecule has 144 valence electrons. The van der Waals surface area contributed by atoms with Gasteiger partial charge in [0.1, 0.15) is 11.9 Å². The lowest BCUT2D eigenvalue weighted by atomic mass is 10.1. The number of esters is 1. The van der Waals surface area contributed by atoms with E-state index < -0.39 is 17.7 Å². The Bertz CT molecular complexity index is 776. The highest BCUT2D eigenvalue weighted by Crippen LogP contribution is 2.31. The number of aromatic nitrogens is 1. The van der Waals surface area contributed by atoms with E-state index in [0.717, 1.165) is 12.1 Å². The fourth-order valence-corrected chi connectivity index (χ4v) is 2.85. The van der Waals surface area contributed by atoms with Gasteiger partial charge in [0.15, 0.2) is 0 Å². The zero-order valence-electron chi connectivity index (χ0n) is 14.7. The molecule has 2 heterocycles. The molecule has 1 aliphatic rings. The van der Waals surface area contributed by atoms with Crippen LogP contribution in [0.3, 0.4) is 0 Å². The number of benzene rings is 1. The average molecular weight is 380 g/mol. The first kappa shape index (κ1) is 19.2. The van der Waals surface area contributed by atoms with E-state index in [1.807, 2.05) is 4.90 Å². The van der Waals surface area contributed by atoms with Crippen LogP contribution in [0, 0.1) is 0 Å². The van der Waals surface area contributed by atoms with E-state index in [4.69, 9.17) is 9.47 Å². The van der Waals surface area contributed by atoms with Crippen molar-refractivity contribution in [1.29, 1.82) is 0 Å². The Morgan fingerprint density at radius 3 is 2.59 bits per heavy atom. The molecule has 3 rings (SSSR count). The normalized spacial score (nSPS) is 17.6. The zero-order valence-corrected chi connectivity index (χ0v) is 14.7. The van der Waals surface area contributed by atoms with Crippen molar-refractivity contribution < 1.29 is 27.4 Å². The quantitative estimate of drug-likeness (QED) is 0.754. The number of hydrogen-bond acceptors (Lipinski definition) is 5.